The van der Waals surface area contributed by atoms with E-state index in [1.165, 1.54) is 84.2 Å². The van der Waals surface area contributed by atoms with Gasteiger partial charge in [0.15, 0.2) is 0 Å². The molecular weight excluding hydrogens is 369 g/mol. The molecule has 1 unspecified atom stereocenters. The second kappa shape index (κ2) is 21.3. The third kappa shape index (κ3) is 18.4. The van der Waals surface area contributed by atoms with Crippen LogP contribution in [-0.4, -0.2) is 56.9 Å². The van der Waals surface area contributed by atoms with Gasteiger partial charge in [0.05, 0.1) is 12.4 Å². The van der Waals surface area contributed by atoms with Gasteiger partial charge < -0.3 is 5.73 Å². The number of nitrogens with two attached hydrogens (primary N) is 1. The standard InChI is InChI=1S/C21H43NO3S.Na.H/c1-3-4-5-6-7-8-9-10-11-12-13-14-15-16-17-18-19-21(20-22)26(23,24)25-2;;/h10-11,21H,3-9,12-20,22H2,1-2H3;;/b11-10-;;. The summed E-state index contributed by atoms with van der Waals surface area (Å²) in [4.78, 5) is 0. The van der Waals surface area contributed by atoms with Crippen molar-refractivity contribution in [2.45, 2.75) is 108 Å². The van der Waals surface area contributed by atoms with E-state index in [2.05, 4.69) is 23.3 Å². The summed E-state index contributed by atoms with van der Waals surface area (Å²) in [6.07, 6.45) is 22.8. The van der Waals surface area contributed by atoms with Crippen LogP contribution in [0, 0.1) is 0 Å². The Labute approximate surface area is 191 Å². The summed E-state index contributed by atoms with van der Waals surface area (Å²) in [7, 11) is -2.26. The molecule has 0 saturated heterocycles. The molecule has 0 radical (unpaired) electrons. The molecule has 158 valence electrons. The Hall–Kier alpha value is 0.610. The molecular formula is C21H44NNaO3S. The first-order chi connectivity index (χ1) is 12.6. The fraction of sp³-hybridized carbons (Fsp3) is 0.905. The van der Waals surface area contributed by atoms with E-state index in [1.54, 1.807) is 0 Å². The van der Waals surface area contributed by atoms with Crippen LogP contribution in [0.25, 0.3) is 0 Å². The molecule has 6 heteroatoms. The molecule has 0 aliphatic carbocycles. The van der Waals surface area contributed by atoms with Crippen LogP contribution in [0.4, 0.5) is 0 Å². The molecule has 0 aromatic carbocycles. The molecule has 0 fully saturated rings. The normalized spacial score (nSPS) is 13.0. The molecule has 0 bridgehead atoms. The van der Waals surface area contributed by atoms with Gasteiger partial charge in [-0.25, -0.2) is 0 Å². The van der Waals surface area contributed by atoms with Crippen LogP contribution >= 0.6 is 0 Å². The molecule has 0 spiro atoms. The Morgan fingerprint density at radius 1 is 0.815 bits per heavy atom. The monoisotopic (exact) mass is 413 g/mol. The fourth-order valence-electron chi connectivity index (χ4n) is 3.14. The molecule has 27 heavy (non-hydrogen) atoms. The van der Waals surface area contributed by atoms with Crippen molar-refractivity contribution < 1.29 is 12.6 Å². The van der Waals surface area contributed by atoms with Gasteiger partial charge in [-0.15, -0.1) is 0 Å². The topological polar surface area (TPSA) is 69.4 Å². The zero-order valence-corrected chi connectivity index (χ0v) is 18.1. The molecule has 4 nitrogen and oxygen atoms in total. The summed E-state index contributed by atoms with van der Waals surface area (Å²) in [5, 5.41) is -0.552. The molecule has 0 saturated carbocycles. The van der Waals surface area contributed by atoms with Crippen molar-refractivity contribution in [3.05, 3.63) is 12.2 Å². The van der Waals surface area contributed by atoms with Crippen LogP contribution < -0.4 is 5.73 Å². The maximum absolute atomic E-state index is 11.6. The number of allylic oxidation sites excluding steroid dienone is 2. The Morgan fingerprint density at radius 3 is 1.70 bits per heavy atom. The van der Waals surface area contributed by atoms with Gasteiger partial charge in [0.1, 0.15) is 0 Å². The predicted molar refractivity (Wildman–Crippen MR) is 120 cm³/mol. The fourth-order valence-corrected chi connectivity index (χ4v) is 4.10. The van der Waals surface area contributed by atoms with Crippen LogP contribution in [0.15, 0.2) is 12.2 Å². The van der Waals surface area contributed by atoms with Crippen LogP contribution in [0.3, 0.4) is 0 Å². The van der Waals surface area contributed by atoms with E-state index in [1.807, 2.05) is 0 Å². The van der Waals surface area contributed by atoms with Crippen molar-refractivity contribution in [1.29, 1.82) is 0 Å². The molecule has 0 aromatic rings. The van der Waals surface area contributed by atoms with Crippen LogP contribution in [0.1, 0.15) is 103 Å². The quantitative estimate of drug-likeness (QED) is 0.139. The minimum absolute atomic E-state index is 0. The number of hydrogen-bond donors (Lipinski definition) is 1. The van der Waals surface area contributed by atoms with E-state index in [4.69, 9.17) is 5.73 Å². The molecule has 1 atom stereocenters. The van der Waals surface area contributed by atoms with Crippen LogP contribution in [0.5, 0.6) is 0 Å². The summed E-state index contributed by atoms with van der Waals surface area (Å²) in [5.74, 6) is 0. The first-order valence-corrected chi connectivity index (χ1v) is 12.2. The van der Waals surface area contributed by atoms with E-state index in [0.29, 0.717) is 6.42 Å². The van der Waals surface area contributed by atoms with Gasteiger partial charge in [0, 0.05) is 6.54 Å². The Morgan fingerprint density at radius 2 is 1.26 bits per heavy atom. The summed E-state index contributed by atoms with van der Waals surface area (Å²) < 4.78 is 27.8. The van der Waals surface area contributed by atoms with Gasteiger partial charge in [-0.1, -0.05) is 83.3 Å². The summed E-state index contributed by atoms with van der Waals surface area (Å²) in [6, 6.07) is 0. The van der Waals surface area contributed by atoms with Crippen molar-refractivity contribution in [2.24, 2.45) is 5.73 Å². The summed E-state index contributed by atoms with van der Waals surface area (Å²) in [6.45, 7) is 2.40. The van der Waals surface area contributed by atoms with E-state index < -0.39 is 15.4 Å². The first kappa shape index (κ1) is 29.8. The van der Waals surface area contributed by atoms with Crippen molar-refractivity contribution in [3.8, 4) is 0 Å². The van der Waals surface area contributed by atoms with Crippen molar-refractivity contribution in [2.75, 3.05) is 13.7 Å². The summed E-state index contributed by atoms with van der Waals surface area (Å²) >= 11 is 0. The van der Waals surface area contributed by atoms with Crippen LogP contribution in [-0.2, 0) is 14.3 Å². The van der Waals surface area contributed by atoms with Gasteiger partial charge in [0.25, 0.3) is 10.1 Å². The number of hydrogen-bond acceptors (Lipinski definition) is 4. The van der Waals surface area contributed by atoms with Crippen molar-refractivity contribution in [1.82, 2.24) is 0 Å². The third-order valence-corrected chi connectivity index (χ3v) is 6.65. The van der Waals surface area contributed by atoms with E-state index in [-0.39, 0.29) is 36.1 Å². The number of unbranched alkanes of at least 4 members (excludes halogenated alkanes) is 12. The Balaban J connectivity index is 0. The van der Waals surface area contributed by atoms with Gasteiger partial charge in [-0.3, -0.25) is 4.18 Å². The van der Waals surface area contributed by atoms with Gasteiger partial charge in [0.2, 0.25) is 0 Å². The molecule has 0 amide bonds. The second-order valence-corrected chi connectivity index (χ2v) is 9.23. The molecule has 0 rings (SSSR count). The second-order valence-electron chi connectivity index (χ2n) is 7.24. The molecule has 0 aliphatic rings. The zero-order chi connectivity index (χ0) is 19.5. The summed E-state index contributed by atoms with van der Waals surface area (Å²) in [5.41, 5.74) is 5.54. The Bertz CT molecular complexity index is 427. The SMILES string of the molecule is CCCCCCCC/C=C\CCCCCCCCC(CN)S(=O)(=O)OC.[NaH]. The van der Waals surface area contributed by atoms with Crippen molar-refractivity contribution in [3.63, 3.8) is 0 Å². The average Bonchev–Trinajstić information content (AvgIpc) is 2.64. The van der Waals surface area contributed by atoms with Gasteiger partial charge >= 0.3 is 29.6 Å². The van der Waals surface area contributed by atoms with Crippen molar-refractivity contribution >= 4 is 39.7 Å². The minimum atomic E-state index is -3.46. The van der Waals surface area contributed by atoms with E-state index >= 15 is 0 Å². The van der Waals surface area contributed by atoms with Crippen LogP contribution in [0.2, 0.25) is 0 Å². The molecule has 2 N–H and O–H groups in total. The first-order valence-electron chi connectivity index (χ1n) is 10.7. The third-order valence-electron chi connectivity index (χ3n) is 4.94. The molecule has 0 aliphatic heterocycles. The van der Waals surface area contributed by atoms with Gasteiger partial charge in [-0.2, -0.15) is 8.42 Å². The van der Waals surface area contributed by atoms with E-state index in [9.17, 15) is 8.42 Å². The van der Waals surface area contributed by atoms with Gasteiger partial charge in [-0.05, 0) is 32.1 Å². The van der Waals surface area contributed by atoms with E-state index in [0.717, 1.165) is 12.8 Å². The molecule has 0 heterocycles. The predicted octanol–water partition coefficient (Wildman–Crippen LogP) is 5.07. The average molecular weight is 414 g/mol. The Kier molecular flexibility index (Phi) is 23.5. The zero-order valence-electron chi connectivity index (χ0n) is 17.3. The maximum atomic E-state index is 11.6. The molecule has 0 aromatic heterocycles. The number of rotatable bonds is 19.